The fraction of sp³-hybridized carbons (Fsp3) is 0.739. The molecule has 0 radical (unpaired) electrons. The van der Waals surface area contributed by atoms with Gasteiger partial charge in [0.25, 0.3) is 0 Å². The smallest absolute Gasteiger partial charge is 0.126 e. The monoisotopic (exact) mass is 359 g/mol. The minimum Gasteiger partial charge on any atom is -0.493 e. The van der Waals surface area contributed by atoms with Crippen molar-refractivity contribution >= 4 is 0 Å². The first-order valence-corrected chi connectivity index (χ1v) is 10.9. The molecule has 1 saturated heterocycles. The van der Waals surface area contributed by atoms with Crippen molar-refractivity contribution in [3.63, 3.8) is 0 Å². The van der Waals surface area contributed by atoms with E-state index in [0.717, 1.165) is 31.1 Å². The molecule has 0 atom stereocenters. The van der Waals surface area contributed by atoms with Gasteiger partial charge in [0.2, 0.25) is 0 Å². The van der Waals surface area contributed by atoms with Gasteiger partial charge in [-0.05, 0) is 51.4 Å². The molecule has 3 nitrogen and oxygen atoms in total. The van der Waals surface area contributed by atoms with E-state index in [9.17, 15) is 0 Å². The van der Waals surface area contributed by atoms with Gasteiger partial charge in [0.05, 0.1) is 13.2 Å². The summed E-state index contributed by atoms with van der Waals surface area (Å²) < 4.78 is 12.1. The van der Waals surface area contributed by atoms with Crippen LogP contribution in [0.15, 0.2) is 18.2 Å². The number of piperidine rings is 1. The Labute approximate surface area is 160 Å². The van der Waals surface area contributed by atoms with Gasteiger partial charge in [-0.1, -0.05) is 52.0 Å². The highest BCUT2D eigenvalue weighted by Crippen LogP contribution is 2.46. The van der Waals surface area contributed by atoms with Crippen LogP contribution in [0.5, 0.6) is 11.5 Å². The minimum absolute atomic E-state index is 0.247. The van der Waals surface area contributed by atoms with Crippen LogP contribution in [0.25, 0.3) is 0 Å². The van der Waals surface area contributed by atoms with Crippen molar-refractivity contribution in [1.29, 1.82) is 0 Å². The maximum absolute atomic E-state index is 6.11. The van der Waals surface area contributed by atoms with Crippen molar-refractivity contribution in [3.8, 4) is 11.5 Å². The summed E-state index contributed by atoms with van der Waals surface area (Å²) in [6.45, 7) is 9.87. The number of fused-ring (bicyclic) bond motifs is 2. The van der Waals surface area contributed by atoms with Crippen molar-refractivity contribution < 1.29 is 9.47 Å². The van der Waals surface area contributed by atoms with E-state index in [1.165, 1.54) is 76.6 Å². The zero-order chi connectivity index (χ0) is 18.2. The predicted octanol–water partition coefficient (Wildman–Crippen LogP) is 5.56. The molecule has 1 aromatic carbocycles. The molecule has 1 spiro atoms. The second-order valence-electron chi connectivity index (χ2n) is 8.18. The lowest BCUT2D eigenvalue weighted by atomic mass is 9.74. The number of rotatable bonds is 10. The van der Waals surface area contributed by atoms with Gasteiger partial charge in [0, 0.05) is 17.0 Å². The molecule has 0 saturated carbocycles. The minimum atomic E-state index is 0.247. The number of benzene rings is 1. The number of ether oxygens (including phenoxy) is 2. The average Bonchev–Trinajstić information content (AvgIpc) is 3.02. The Morgan fingerprint density at radius 3 is 2.54 bits per heavy atom. The van der Waals surface area contributed by atoms with Gasteiger partial charge in [-0.3, -0.25) is 0 Å². The topological polar surface area (TPSA) is 21.7 Å². The molecule has 0 amide bonds. The van der Waals surface area contributed by atoms with Crippen molar-refractivity contribution in [2.75, 3.05) is 32.8 Å². The molecule has 0 bridgehead atoms. The van der Waals surface area contributed by atoms with Crippen molar-refractivity contribution in [2.24, 2.45) is 0 Å². The van der Waals surface area contributed by atoms with E-state index in [1.54, 1.807) is 0 Å². The van der Waals surface area contributed by atoms with Crippen molar-refractivity contribution in [1.82, 2.24) is 4.90 Å². The van der Waals surface area contributed by atoms with Crippen molar-refractivity contribution in [2.45, 2.75) is 77.0 Å². The highest BCUT2D eigenvalue weighted by molar-refractivity contribution is 5.48. The normalized spacial score (nSPS) is 18.7. The number of likely N-dealkylation sites (tertiary alicyclic amines) is 1. The summed E-state index contributed by atoms with van der Waals surface area (Å²) >= 11 is 0. The molecule has 1 fully saturated rings. The Morgan fingerprint density at radius 2 is 1.77 bits per heavy atom. The molecule has 26 heavy (non-hydrogen) atoms. The Kier molecular flexibility index (Phi) is 7.24. The van der Waals surface area contributed by atoms with E-state index in [0.29, 0.717) is 0 Å². The Bertz CT molecular complexity index is 549. The summed E-state index contributed by atoms with van der Waals surface area (Å²) in [5.74, 6) is 2.03. The summed E-state index contributed by atoms with van der Waals surface area (Å²) in [5.41, 5.74) is 1.67. The van der Waals surface area contributed by atoms with E-state index in [4.69, 9.17) is 9.47 Å². The Balaban J connectivity index is 1.50. The molecule has 2 aliphatic rings. The van der Waals surface area contributed by atoms with E-state index in [-0.39, 0.29) is 5.41 Å². The SMILES string of the molecule is CCCCCCCOc1ccc2c(c1)OCC21CCN(CCCC)CC1. The van der Waals surface area contributed by atoms with Crippen LogP contribution in [0.2, 0.25) is 0 Å². The first-order valence-electron chi connectivity index (χ1n) is 10.9. The van der Waals surface area contributed by atoms with Crippen LogP contribution in [0.3, 0.4) is 0 Å². The number of nitrogens with zero attached hydrogens (tertiary/aromatic N) is 1. The standard InChI is InChI=1S/C23H37NO2/c1-3-5-7-8-9-17-25-20-10-11-21-22(18-20)26-19-23(21)12-15-24(16-13-23)14-6-4-2/h10-11,18H,3-9,12-17,19H2,1-2H3. The van der Waals surface area contributed by atoms with Gasteiger partial charge in [0.15, 0.2) is 0 Å². The van der Waals surface area contributed by atoms with Crippen LogP contribution < -0.4 is 9.47 Å². The van der Waals surface area contributed by atoms with E-state index in [1.807, 2.05) is 0 Å². The van der Waals surface area contributed by atoms with E-state index >= 15 is 0 Å². The third-order valence-electron chi connectivity index (χ3n) is 6.19. The molecule has 2 aliphatic heterocycles. The molecule has 3 heteroatoms. The van der Waals surface area contributed by atoms with Gasteiger partial charge < -0.3 is 14.4 Å². The maximum atomic E-state index is 6.11. The fourth-order valence-electron chi connectivity index (χ4n) is 4.34. The third-order valence-corrected chi connectivity index (χ3v) is 6.19. The largest absolute Gasteiger partial charge is 0.493 e. The summed E-state index contributed by atoms with van der Waals surface area (Å²) in [7, 11) is 0. The van der Waals surface area contributed by atoms with E-state index in [2.05, 4.69) is 36.9 Å². The molecular weight excluding hydrogens is 322 g/mol. The summed E-state index contributed by atoms with van der Waals surface area (Å²) in [4.78, 5) is 2.63. The lowest BCUT2D eigenvalue weighted by Crippen LogP contribution is -2.43. The summed E-state index contributed by atoms with van der Waals surface area (Å²) in [6.07, 6.45) is 11.4. The molecule has 1 aromatic rings. The van der Waals surface area contributed by atoms with Crippen molar-refractivity contribution in [3.05, 3.63) is 23.8 Å². The highest BCUT2D eigenvalue weighted by atomic mass is 16.5. The lowest BCUT2D eigenvalue weighted by molar-refractivity contribution is 0.134. The molecule has 0 N–H and O–H groups in total. The number of hydrogen-bond donors (Lipinski definition) is 0. The summed E-state index contributed by atoms with van der Waals surface area (Å²) in [5, 5.41) is 0. The Morgan fingerprint density at radius 1 is 1.00 bits per heavy atom. The third kappa shape index (κ3) is 4.73. The van der Waals surface area contributed by atoms with Gasteiger partial charge in [0.1, 0.15) is 11.5 Å². The average molecular weight is 360 g/mol. The molecule has 0 aliphatic carbocycles. The molecular formula is C23H37NO2. The van der Waals surface area contributed by atoms with Crippen LogP contribution in [0.4, 0.5) is 0 Å². The molecule has 0 unspecified atom stereocenters. The van der Waals surface area contributed by atoms with Crippen LogP contribution >= 0.6 is 0 Å². The molecule has 0 aromatic heterocycles. The van der Waals surface area contributed by atoms with Crippen LogP contribution in [-0.4, -0.2) is 37.7 Å². The second-order valence-corrected chi connectivity index (χ2v) is 8.18. The zero-order valence-electron chi connectivity index (χ0n) is 16.9. The van der Waals surface area contributed by atoms with Crippen LogP contribution in [0, 0.1) is 0 Å². The lowest BCUT2D eigenvalue weighted by Gasteiger charge is -2.38. The molecule has 2 heterocycles. The van der Waals surface area contributed by atoms with Crippen LogP contribution in [-0.2, 0) is 5.41 Å². The quantitative estimate of drug-likeness (QED) is 0.510. The highest BCUT2D eigenvalue weighted by Gasteiger charge is 2.42. The van der Waals surface area contributed by atoms with Gasteiger partial charge in [-0.25, -0.2) is 0 Å². The maximum Gasteiger partial charge on any atom is 0.126 e. The first kappa shape index (κ1) is 19.5. The molecule has 3 rings (SSSR count). The molecule has 146 valence electrons. The second kappa shape index (κ2) is 9.64. The van der Waals surface area contributed by atoms with Gasteiger partial charge in [-0.15, -0.1) is 0 Å². The number of unbranched alkanes of at least 4 members (excludes halogenated alkanes) is 5. The fourth-order valence-corrected chi connectivity index (χ4v) is 4.34. The summed E-state index contributed by atoms with van der Waals surface area (Å²) in [6, 6.07) is 6.56. The van der Waals surface area contributed by atoms with Gasteiger partial charge in [-0.2, -0.15) is 0 Å². The Hall–Kier alpha value is -1.22. The van der Waals surface area contributed by atoms with E-state index < -0.39 is 0 Å². The van der Waals surface area contributed by atoms with Gasteiger partial charge >= 0.3 is 0 Å². The number of hydrogen-bond acceptors (Lipinski definition) is 3. The van der Waals surface area contributed by atoms with Crippen LogP contribution in [0.1, 0.15) is 77.2 Å². The predicted molar refractivity (Wildman–Crippen MR) is 108 cm³/mol. The zero-order valence-corrected chi connectivity index (χ0v) is 16.9. The first-order chi connectivity index (χ1) is 12.8.